The van der Waals surface area contributed by atoms with Crippen molar-refractivity contribution in [2.24, 2.45) is 5.73 Å². The molecule has 9 nitrogen and oxygen atoms in total. The van der Waals surface area contributed by atoms with Crippen molar-refractivity contribution in [2.75, 3.05) is 26.2 Å². The maximum absolute atomic E-state index is 13.0. The van der Waals surface area contributed by atoms with Crippen LogP contribution in [-0.4, -0.2) is 39.6 Å². The maximum Gasteiger partial charge on any atom is 0.573 e. The SMILES string of the molecule is COC(=O)C1=C(C(=O)OC)N(c2ccc(OC(F)(F)F)cc2OC)C(N)=C(C#N)C1c1ccccc1. The summed E-state index contributed by atoms with van der Waals surface area (Å²) in [7, 11) is 3.33. The van der Waals surface area contributed by atoms with Crippen LogP contribution < -0.4 is 20.1 Å². The van der Waals surface area contributed by atoms with Gasteiger partial charge in [-0.25, -0.2) is 9.59 Å². The van der Waals surface area contributed by atoms with Gasteiger partial charge in [0.05, 0.1) is 50.2 Å². The highest BCUT2D eigenvalue weighted by molar-refractivity contribution is 6.06. The van der Waals surface area contributed by atoms with Crippen LogP contribution >= 0.6 is 0 Å². The molecule has 1 unspecified atom stereocenters. The molecule has 2 aromatic carbocycles. The van der Waals surface area contributed by atoms with Crippen LogP contribution in [0.25, 0.3) is 0 Å². The van der Waals surface area contributed by atoms with E-state index in [-0.39, 0.29) is 28.4 Å². The summed E-state index contributed by atoms with van der Waals surface area (Å²) in [6.45, 7) is 0. The molecule has 1 heterocycles. The predicted molar refractivity (Wildman–Crippen MR) is 119 cm³/mol. The van der Waals surface area contributed by atoms with Crippen LogP contribution in [0.2, 0.25) is 0 Å². The third kappa shape index (κ3) is 4.90. The predicted octanol–water partition coefficient (Wildman–Crippen LogP) is 3.49. The van der Waals surface area contributed by atoms with E-state index < -0.39 is 35.7 Å². The normalized spacial score (nSPS) is 15.8. The molecular formula is C24H20F3N3O6. The van der Waals surface area contributed by atoms with E-state index in [2.05, 4.69) is 4.74 Å². The second-order valence-corrected chi connectivity index (χ2v) is 7.22. The summed E-state index contributed by atoms with van der Waals surface area (Å²) in [6.07, 6.45) is -4.97. The number of nitrogens with two attached hydrogens (primary N) is 1. The van der Waals surface area contributed by atoms with Crippen molar-refractivity contribution in [3.05, 3.63) is 76.8 Å². The van der Waals surface area contributed by atoms with Gasteiger partial charge in [0.15, 0.2) is 0 Å². The van der Waals surface area contributed by atoms with E-state index in [4.69, 9.17) is 19.9 Å². The molecule has 188 valence electrons. The number of ether oxygens (including phenoxy) is 4. The van der Waals surface area contributed by atoms with Gasteiger partial charge in [-0.2, -0.15) is 5.26 Å². The highest BCUT2D eigenvalue weighted by atomic mass is 19.4. The lowest BCUT2D eigenvalue weighted by atomic mass is 9.81. The molecule has 3 rings (SSSR count). The molecule has 36 heavy (non-hydrogen) atoms. The number of carbonyl (C=O) groups excluding carboxylic acids is 2. The Bertz CT molecular complexity index is 1280. The summed E-state index contributed by atoms with van der Waals surface area (Å²) in [6, 6.07) is 13.3. The molecule has 0 bridgehead atoms. The van der Waals surface area contributed by atoms with Crippen LogP contribution in [-0.2, 0) is 19.1 Å². The molecule has 0 radical (unpaired) electrons. The Balaban J connectivity index is 2.37. The Morgan fingerprint density at radius 3 is 2.19 bits per heavy atom. The molecule has 0 spiro atoms. The van der Waals surface area contributed by atoms with Gasteiger partial charge in [0, 0.05) is 6.07 Å². The Kier molecular flexibility index (Phi) is 7.43. The lowest BCUT2D eigenvalue weighted by Crippen LogP contribution is -2.41. The number of nitrogens with zero attached hydrogens (tertiary/aromatic N) is 2. The average molecular weight is 503 g/mol. The molecule has 1 aliphatic rings. The third-order valence-corrected chi connectivity index (χ3v) is 5.24. The van der Waals surface area contributed by atoms with Crippen molar-refractivity contribution in [2.45, 2.75) is 12.3 Å². The van der Waals surface area contributed by atoms with E-state index in [1.54, 1.807) is 30.3 Å². The number of methoxy groups -OCH3 is 3. The standard InChI is InChI=1S/C24H20F3N3O6/c1-33-17-11-14(36-24(25,26)27)9-10-16(17)30-20(23(32)35-3)19(22(31)34-2)18(15(12-28)21(30)29)13-7-5-4-6-8-13/h4-11,18H,29H2,1-3H3. The van der Waals surface area contributed by atoms with Crippen molar-refractivity contribution >= 4 is 17.6 Å². The quantitative estimate of drug-likeness (QED) is 0.590. The second kappa shape index (κ2) is 10.3. The first kappa shape index (κ1) is 26.0. The summed E-state index contributed by atoms with van der Waals surface area (Å²) in [5.41, 5.74) is 5.97. The molecule has 0 saturated carbocycles. The molecule has 0 aromatic heterocycles. The summed E-state index contributed by atoms with van der Waals surface area (Å²) in [5.74, 6) is -4.17. The topological polar surface area (TPSA) is 124 Å². The molecular weight excluding hydrogens is 483 g/mol. The number of halogens is 3. The van der Waals surface area contributed by atoms with Gasteiger partial charge in [0.2, 0.25) is 0 Å². The zero-order valence-electron chi connectivity index (χ0n) is 19.3. The van der Waals surface area contributed by atoms with Crippen LogP contribution in [0.1, 0.15) is 11.5 Å². The Morgan fingerprint density at radius 1 is 1.03 bits per heavy atom. The molecule has 2 aromatic rings. The minimum atomic E-state index is -4.97. The van der Waals surface area contributed by atoms with Gasteiger partial charge >= 0.3 is 18.3 Å². The van der Waals surface area contributed by atoms with Crippen LogP contribution in [0.3, 0.4) is 0 Å². The van der Waals surface area contributed by atoms with Gasteiger partial charge in [0.25, 0.3) is 0 Å². The van der Waals surface area contributed by atoms with E-state index in [9.17, 15) is 28.0 Å². The van der Waals surface area contributed by atoms with Crippen LogP contribution in [0.5, 0.6) is 11.5 Å². The number of allylic oxidation sites excluding steroid dienone is 1. The number of hydrogen-bond acceptors (Lipinski definition) is 9. The molecule has 0 saturated heterocycles. The van der Waals surface area contributed by atoms with Crippen LogP contribution in [0, 0.1) is 11.3 Å². The zero-order valence-corrected chi connectivity index (χ0v) is 19.3. The van der Waals surface area contributed by atoms with E-state index in [0.29, 0.717) is 5.56 Å². The van der Waals surface area contributed by atoms with Crippen molar-refractivity contribution in [1.29, 1.82) is 5.26 Å². The zero-order chi connectivity index (χ0) is 26.6. The third-order valence-electron chi connectivity index (χ3n) is 5.24. The smallest absolute Gasteiger partial charge is 0.494 e. The lowest BCUT2D eigenvalue weighted by molar-refractivity contribution is -0.274. The molecule has 2 N–H and O–H groups in total. The number of benzene rings is 2. The minimum Gasteiger partial charge on any atom is -0.494 e. The summed E-state index contributed by atoms with van der Waals surface area (Å²) >= 11 is 0. The number of nitriles is 1. The van der Waals surface area contributed by atoms with Gasteiger partial charge in [-0.05, 0) is 17.7 Å². The maximum atomic E-state index is 13.0. The average Bonchev–Trinajstić information content (AvgIpc) is 2.86. The second-order valence-electron chi connectivity index (χ2n) is 7.22. The fraction of sp³-hybridized carbons (Fsp3) is 0.208. The molecule has 0 aliphatic carbocycles. The Morgan fingerprint density at radius 2 is 1.67 bits per heavy atom. The molecule has 1 aliphatic heterocycles. The fourth-order valence-electron chi connectivity index (χ4n) is 3.80. The highest BCUT2D eigenvalue weighted by Gasteiger charge is 2.43. The van der Waals surface area contributed by atoms with E-state index >= 15 is 0 Å². The number of hydrogen-bond donors (Lipinski definition) is 1. The highest BCUT2D eigenvalue weighted by Crippen LogP contribution is 2.46. The number of rotatable bonds is 6. The van der Waals surface area contributed by atoms with Crippen molar-refractivity contribution < 1.29 is 41.7 Å². The summed E-state index contributed by atoms with van der Waals surface area (Å²) < 4.78 is 57.2. The first-order valence-electron chi connectivity index (χ1n) is 10.2. The number of alkyl halides is 3. The first-order chi connectivity index (χ1) is 17.1. The lowest BCUT2D eigenvalue weighted by Gasteiger charge is -2.36. The first-order valence-corrected chi connectivity index (χ1v) is 10.2. The van der Waals surface area contributed by atoms with E-state index in [1.165, 1.54) is 7.11 Å². The van der Waals surface area contributed by atoms with Gasteiger partial charge in [-0.15, -0.1) is 13.2 Å². The summed E-state index contributed by atoms with van der Waals surface area (Å²) in [5, 5.41) is 10.0. The molecule has 1 atom stereocenters. The van der Waals surface area contributed by atoms with Crippen LogP contribution in [0.4, 0.5) is 18.9 Å². The Labute approximate surface area is 203 Å². The van der Waals surface area contributed by atoms with Crippen molar-refractivity contribution in [1.82, 2.24) is 0 Å². The minimum absolute atomic E-state index is 0.0643. The van der Waals surface area contributed by atoms with Gasteiger partial charge in [-0.1, -0.05) is 30.3 Å². The molecule has 0 amide bonds. The van der Waals surface area contributed by atoms with Crippen LogP contribution in [0.15, 0.2) is 71.2 Å². The van der Waals surface area contributed by atoms with Crippen molar-refractivity contribution in [3.63, 3.8) is 0 Å². The van der Waals surface area contributed by atoms with Crippen molar-refractivity contribution in [3.8, 4) is 17.6 Å². The van der Waals surface area contributed by atoms with Gasteiger partial charge in [0.1, 0.15) is 23.0 Å². The molecule has 0 fully saturated rings. The van der Waals surface area contributed by atoms with E-state index in [1.807, 2.05) is 6.07 Å². The summed E-state index contributed by atoms with van der Waals surface area (Å²) in [4.78, 5) is 27.1. The number of anilines is 1. The van der Waals surface area contributed by atoms with Gasteiger partial charge < -0.3 is 24.7 Å². The fourth-order valence-corrected chi connectivity index (χ4v) is 3.80. The van der Waals surface area contributed by atoms with E-state index in [0.717, 1.165) is 37.3 Å². The largest absolute Gasteiger partial charge is 0.573 e. The van der Waals surface area contributed by atoms with Gasteiger partial charge in [-0.3, -0.25) is 4.90 Å². The number of esters is 2. The Hall–Kier alpha value is -4.66. The molecule has 12 heteroatoms. The number of carbonyl (C=O) groups is 2. The monoisotopic (exact) mass is 503 g/mol.